The zero-order valence-corrected chi connectivity index (χ0v) is 10.9. The molecule has 0 saturated carbocycles. The van der Waals surface area contributed by atoms with Crippen molar-refractivity contribution in [3.63, 3.8) is 0 Å². The first kappa shape index (κ1) is 14.7. The maximum atomic E-state index is 12.8. The molecule has 0 aliphatic carbocycles. The lowest BCUT2D eigenvalue weighted by Crippen LogP contribution is -2.13. The van der Waals surface area contributed by atoms with E-state index in [9.17, 15) is 13.2 Å². The Kier molecular flexibility index (Phi) is 4.03. The van der Waals surface area contributed by atoms with Gasteiger partial charge in [0.05, 0.1) is 11.3 Å². The summed E-state index contributed by atoms with van der Waals surface area (Å²) < 4.78 is 38.5. The molecule has 0 spiro atoms. The van der Waals surface area contributed by atoms with Gasteiger partial charge in [-0.25, -0.2) is 9.97 Å². The third-order valence-corrected chi connectivity index (χ3v) is 2.50. The van der Waals surface area contributed by atoms with Crippen LogP contribution in [0.4, 0.5) is 19.0 Å². The van der Waals surface area contributed by atoms with Gasteiger partial charge in [0.25, 0.3) is 0 Å². The molecule has 0 atom stereocenters. The van der Waals surface area contributed by atoms with Crippen molar-refractivity contribution in [2.75, 3.05) is 11.9 Å². The first-order valence-corrected chi connectivity index (χ1v) is 5.99. The van der Waals surface area contributed by atoms with Crippen LogP contribution >= 0.6 is 0 Å². The molecule has 0 aliphatic rings. The second-order valence-corrected chi connectivity index (χ2v) is 4.06. The molecule has 2 rings (SSSR count). The second-order valence-electron chi connectivity index (χ2n) is 4.06. The van der Waals surface area contributed by atoms with Gasteiger partial charge in [-0.05, 0) is 13.0 Å². The minimum Gasteiger partial charge on any atom is -0.370 e. The molecule has 1 N–H and O–H groups in total. The zero-order chi connectivity index (χ0) is 15.5. The monoisotopic (exact) mass is 293 g/mol. The largest absolute Gasteiger partial charge is 0.451 e. The summed E-state index contributed by atoms with van der Waals surface area (Å²) in [4.78, 5) is 10.8. The van der Waals surface area contributed by atoms with Gasteiger partial charge in [-0.15, -0.1) is 0 Å². The quantitative estimate of drug-likeness (QED) is 0.941. The summed E-state index contributed by atoms with van der Waals surface area (Å²) in [5.41, 5.74) is 0.614. The molecule has 0 aliphatic heterocycles. The molecular weight excluding hydrogens is 283 g/mol. The Hall–Kier alpha value is -2.69. The lowest BCUT2D eigenvalue weighted by molar-refractivity contribution is -0.144. The maximum absolute atomic E-state index is 12.8. The summed E-state index contributed by atoms with van der Waals surface area (Å²) in [6.45, 7) is 2.16. The van der Waals surface area contributed by atoms with Crippen molar-refractivity contribution in [3.8, 4) is 17.3 Å². The summed E-state index contributed by atoms with van der Waals surface area (Å²) in [5, 5.41) is 11.5. The molecule has 5 nitrogen and oxygen atoms in total. The van der Waals surface area contributed by atoms with Crippen LogP contribution in [0.15, 0.2) is 24.5 Å². The van der Waals surface area contributed by atoms with Crippen LogP contribution in [0.5, 0.6) is 0 Å². The van der Waals surface area contributed by atoms with Crippen molar-refractivity contribution in [1.29, 1.82) is 5.26 Å². The molecule has 0 unspecified atom stereocenters. The van der Waals surface area contributed by atoms with Gasteiger partial charge >= 0.3 is 6.18 Å². The molecule has 0 fully saturated rings. The molecule has 0 radical (unpaired) electrons. The number of hydrogen-bond acceptors (Lipinski definition) is 5. The molecule has 2 aromatic rings. The standard InChI is InChI=1S/C13H10F3N5/c1-2-19-11-4-10(20-12(21-11)13(14,15)16)9-3-8(5-17)6-18-7-9/h3-4,6-7H,2H2,1H3,(H,19,20,21). The number of alkyl halides is 3. The van der Waals surface area contributed by atoms with E-state index in [1.165, 1.54) is 24.5 Å². The molecular formula is C13H10F3N5. The molecule has 0 amide bonds. The smallest absolute Gasteiger partial charge is 0.370 e. The number of hydrogen-bond donors (Lipinski definition) is 1. The summed E-state index contributed by atoms with van der Waals surface area (Å²) in [6.07, 6.45) is -1.99. The molecule has 2 aromatic heterocycles. The van der Waals surface area contributed by atoms with E-state index in [2.05, 4.69) is 20.3 Å². The van der Waals surface area contributed by atoms with Crippen LogP contribution in [0.1, 0.15) is 18.3 Å². The van der Waals surface area contributed by atoms with Gasteiger partial charge in [-0.1, -0.05) is 0 Å². The first-order valence-electron chi connectivity index (χ1n) is 5.99. The van der Waals surface area contributed by atoms with Crippen molar-refractivity contribution >= 4 is 5.82 Å². The number of anilines is 1. The van der Waals surface area contributed by atoms with Gasteiger partial charge in [0.1, 0.15) is 11.9 Å². The fourth-order valence-corrected chi connectivity index (χ4v) is 1.63. The first-order chi connectivity index (χ1) is 9.94. The average molecular weight is 293 g/mol. The topological polar surface area (TPSA) is 74.5 Å². The lowest BCUT2D eigenvalue weighted by Gasteiger charge is -2.10. The SMILES string of the molecule is CCNc1cc(-c2cncc(C#N)c2)nc(C(F)(F)F)n1. The Morgan fingerprint density at radius 3 is 2.62 bits per heavy atom. The van der Waals surface area contributed by atoms with Crippen molar-refractivity contribution in [1.82, 2.24) is 15.0 Å². The Balaban J connectivity index is 2.56. The van der Waals surface area contributed by atoms with E-state index in [1.54, 1.807) is 6.92 Å². The highest BCUT2D eigenvalue weighted by Crippen LogP contribution is 2.29. The van der Waals surface area contributed by atoms with Crippen LogP contribution in [0, 0.1) is 11.3 Å². The highest BCUT2D eigenvalue weighted by Gasteiger charge is 2.35. The molecule has 0 aromatic carbocycles. The Morgan fingerprint density at radius 1 is 1.24 bits per heavy atom. The third-order valence-electron chi connectivity index (χ3n) is 2.50. The van der Waals surface area contributed by atoms with Gasteiger partial charge in [-0.2, -0.15) is 18.4 Å². The maximum Gasteiger partial charge on any atom is 0.451 e. The fourth-order valence-electron chi connectivity index (χ4n) is 1.63. The second kappa shape index (κ2) is 5.75. The predicted octanol–water partition coefficient (Wildman–Crippen LogP) is 2.86. The normalized spacial score (nSPS) is 11.0. The van der Waals surface area contributed by atoms with Crippen LogP contribution in [0.3, 0.4) is 0 Å². The molecule has 8 heteroatoms. The van der Waals surface area contributed by atoms with E-state index in [4.69, 9.17) is 5.26 Å². The minimum atomic E-state index is -4.65. The van der Waals surface area contributed by atoms with Gasteiger partial charge in [0.15, 0.2) is 0 Å². The fraction of sp³-hybridized carbons (Fsp3) is 0.231. The van der Waals surface area contributed by atoms with Crippen LogP contribution in [0.25, 0.3) is 11.3 Å². The van der Waals surface area contributed by atoms with E-state index in [1.807, 2.05) is 6.07 Å². The van der Waals surface area contributed by atoms with E-state index < -0.39 is 12.0 Å². The summed E-state index contributed by atoms with van der Waals surface area (Å²) in [7, 11) is 0. The molecule has 0 bridgehead atoms. The molecule has 0 saturated heterocycles. The van der Waals surface area contributed by atoms with Crippen molar-refractivity contribution in [2.24, 2.45) is 0 Å². The van der Waals surface area contributed by atoms with E-state index in [0.717, 1.165) is 0 Å². The Morgan fingerprint density at radius 2 is 2.00 bits per heavy atom. The van der Waals surface area contributed by atoms with Crippen LogP contribution in [0.2, 0.25) is 0 Å². The molecule has 2 heterocycles. The number of nitrogens with one attached hydrogen (secondary N) is 1. The summed E-state index contributed by atoms with van der Waals surface area (Å²) in [6, 6.07) is 4.69. The number of halogens is 3. The predicted molar refractivity (Wildman–Crippen MR) is 69.1 cm³/mol. The average Bonchev–Trinajstić information content (AvgIpc) is 2.46. The molecule has 21 heavy (non-hydrogen) atoms. The lowest BCUT2D eigenvalue weighted by atomic mass is 10.1. The van der Waals surface area contributed by atoms with Gasteiger partial charge in [-0.3, -0.25) is 4.98 Å². The van der Waals surface area contributed by atoms with Crippen molar-refractivity contribution in [3.05, 3.63) is 35.9 Å². The molecule has 108 valence electrons. The van der Waals surface area contributed by atoms with Crippen molar-refractivity contribution in [2.45, 2.75) is 13.1 Å². The third kappa shape index (κ3) is 3.45. The van der Waals surface area contributed by atoms with E-state index >= 15 is 0 Å². The minimum absolute atomic E-state index is 0.0536. The van der Waals surface area contributed by atoms with E-state index in [-0.39, 0.29) is 17.1 Å². The van der Waals surface area contributed by atoms with E-state index in [0.29, 0.717) is 12.1 Å². The van der Waals surface area contributed by atoms with Gasteiger partial charge < -0.3 is 5.32 Å². The number of pyridine rings is 1. The number of nitriles is 1. The number of nitrogens with zero attached hydrogens (tertiary/aromatic N) is 4. The zero-order valence-electron chi connectivity index (χ0n) is 10.9. The van der Waals surface area contributed by atoms with Crippen LogP contribution in [-0.4, -0.2) is 21.5 Å². The number of rotatable bonds is 3. The highest BCUT2D eigenvalue weighted by atomic mass is 19.4. The van der Waals surface area contributed by atoms with Crippen LogP contribution in [-0.2, 0) is 6.18 Å². The summed E-state index contributed by atoms with van der Waals surface area (Å²) >= 11 is 0. The summed E-state index contributed by atoms with van der Waals surface area (Å²) in [5.74, 6) is -1.17. The van der Waals surface area contributed by atoms with Crippen molar-refractivity contribution < 1.29 is 13.2 Å². The Labute approximate surface area is 118 Å². The van der Waals surface area contributed by atoms with Gasteiger partial charge in [0.2, 0.25) is 5.82 Å². The highest BCUT2D eigenvalue weighted by molar-refractivity contribution is 5.63. The number of aromatic nitrogens is 3. The van der Waals surface area contributed by atoms with Gasteiger partial charge in [0, 0.05) is 30.6 Å². The Bertz CT molecular complexity index is 691. The van der Waals surface area contributed by atoms with Crippen LogP contribution < -0.4 is 5.32 Å².